The number of aliphatic hydroxyl groups excluding tert-OH is 1. The third-order valence-corrected chi connectivity index (χ3v) is 1.96. The Bertz CT molecular complexity index is 377. The van der Waals surface area contributed by atoms with Gasteiger partial charge in [-0.15, -0.1) is 0 Å². The molecule has 0 aliphatic carbocycles. The summed E-state index contributed by atoms with van der Waals surface area (Å²) in [5.41, 5.74) is -0.0722. The number of benzene rings is 1. The van der Waals surface area contributed by atoms with Gasteiger partial charge in [-0.25, -0.2) is 0 Å². The summed E-state index contributed by atoms with van der Waals surface area (Å²) in [6.45, 7) is -0.420. The van der Waals surface area contributed by atoms with Crippen molar-refractivity contribution in [2.75, 3.05) is 14.2 Å². The van der Waals surface area contributed by atoms with Gasteiger partial charge in [0.05, 0.1) is 31.3 Å². The van der Waals surface area contributed by atoms with E-state index < -0.39 is 11.5 Å². The molecule has 0 spiro atoms. The highest BCUT2D eigenvalue weighted by atomic mass is 16.6. The van der Waals surface area contributed by atoms with Gasteiger partial charge in [0.2, 0.25) is 5.75 Å². The second-order valence-electron chi connectivity index (χ2n) is 2.72. The van der Waals surface area contributed by atoms with Crippen molar-refractivity contribution >= 4 is 5.69 Å². The molecule has 6 heteroatoms. The van der Waals surface area contributed by atoms with Gasteiger partial charge in [0.25, 0.3) is 0 Å². The van der Waals surface area contributed by atoms with Crippen molar-refractivity contribution < 1.29 is 19.5 Å². The predicted octanol–water partition coefficient (Wildman–Crippen LogP) is 1.10. The maximum Gasteiger partial charge on any atom is 0.320 e. The van der Waals surface area contributed by atoms with Gasteiger partial charge in [-0.05, 0) is 12.1 Å². The molecule has 0 aliphatic rings. The molecule has 1 aromatic rings. The first kappa shape index (κ1) is 11.3. The summed E-state index contributed by atoms with van der Waals surface area (Å²) < 4.78 is 9.81. The Labute approximate surface area is 86.2 Å². The number of nitrogens with zero attached hydrogens (tertiary/aromatic N) is 1. The van der Waals surface area contributed by atoms with Gasteiger partial charge < -0.3 is 14.6 Å². The summed E-state index contributed by atoms with van der Waals surface area (Å²) in [6, 6.07) is 2.94. The van der Waals surface area contributed by atoms with E-state index in [1.165, 1.54) is 26.4 Å². The summed E-state index contributed by atoms with van der Waals surface area (Å²) in [5, 5.41) is 19.7. The molecule has 1 rings (SSSR count). The van der Waals surface area contributed by atoms with Gasteiger partial charge in [-0.3, -0.25) is 10.1 Å². The van der Waals surface area contributed by atoms with Crippen molar-refractivity contribution in [3.63, 3.8) is 0 Å². The van der Waals surface area contributed by atoms with Gasteiger partial charge in [-0.1, -0.05) is 0 Å². The van der Waals surface area contributed by atoms with Gasteiger partial charge in [0.15, 0.2) is 5.75 Å². The Kier molecular flexibility index (Phi) is 3.46. The zero-order valence-electron chi connectivity index (χ0n) is 8.39. The lowest BCUT2D eigenvalue weighted by atomic mass is 10.1. The number of methoxy groups -OCH3 is 2. The molecule has 0 aliphatic heterocycles. The Balaban J connectivity index is 3.44. The van der Waals surface area contributed by atoms with Crippen molar-refractivity contribution in [2.45, 2.75) is 6.61 Å². The topological polar surface area (TPSA) is 81.8 Å². The van der Waals surface area contributed by atoms with Gasteiger partial charge in [0, 0.05) is 0 Å². The standard InChI is InChI=1S/C9H11NO5/c1-14-7-4-3-6(5-11)8(10(12)13)9(7)15-2/h3-4,11H,5H2,1-2H3. The van der Waals surface area contributed by atoms with Crippen LogP contribution in [0.5, 0.6) is 11.5 Å². The van der Waals surface area contributed by atoms with E-state index in [1.54, 1.807) is 0 Å². The molecule has 0 amide bonds. The molecule has 0 saturated heterocycles. The highest BCUT2D eigenvalue weighted by molar-refractivity contribution is 5.60. The molecule has 0 unspecified atom stereocenters. The van der Waals surface area contributed by atoms with Crippen LogP contribution in [0.4, 0.5) is 5.69 Å². The van der Waals surface area contributed by atoms with Gasteiger partial charge in [-0.2, -0.15) is 0 Å². The zero-order valence-corrected chi connectivity index (χ0v) is 8.39. The fraction of sp³-hybridized carbons (Fsp3) is 0.333. The molecule has 82 valence electrons. The monoisotopic (exact) mass is 213 g/mol. The van der Waals surface area contributed by atoms with E-state index in [0.29, 0.717) is 0 Å². The number of ether oxygens (including phenoxy) is 2. The van der Waals surface area contributed by atoms with E-state index in [1.807, 2.05) is 0 Å². The van der Waals surface area contributed by atoms with Crippen molar-refractivity contribution in [3.8, 4) is 11.5 Å². The maximum atomic E-state index is 10.8. The number of aliphatic hydroxyl groups is 1. The summed E-state index contributed by atoms with van der Waals surface area (Å²) in [7, 11) is 2.70. The Hall–Kier alpha value is -1.82. The van der Waals surface area contributed by atoms with E-state index in [-0.39, 0.29) is 22.7 Å². The molecular formula is C9H11NO5. The maximum absolute atomic E-state index is 10.8. The normalized spacial score (nSPS) is 9.80. The Morgan fingerprint density at radius 3 is 2.47 bits per heavy atom. The summed E-state index contributed by atoms with van der Waals surface area (Å²) >= 11 is 0. The van der Waals surface area contributed by atoms with Gasteiger partial charge in [0.1, 0.15) is 0 Å². The van der Waals surface area contributed by atoms with Crippen LogP contribution >= 0.6 is 0 Å². The van der Waals surface area contributed by atoms with Crippen LogP contribution in [-0.4, -0.2) is 24.2 Å². The summed E-state index contributed by atoms with van der Waals surface area (Å²) in [4.78, 5) is 10.2. The fourth-order valence-electron chi connectivity index (χ4n) is 1.28. The molecule has 0 saturated carbocycles. The molecule has 0 bridgehead atoms. The zero-order chi connectivity index (χ0) is 11.4. The smallest absolute Gasteiger partial charge is 0.320 e. The Morgan fingerprint density at radius 2 is 2.07 bits per heavy atom. The second-order valence-corrected chi connectivity index (χ2v) is 2.72. The molecule has 0 atom stereocenters. The number of nitro benzene ring substituents is 1. The minimum Gasteiger partial charge on any atom is -0.493 e. The number of nitro groups is 1. The number of hydrogen-bond acceptors (Lipinski definition) is 5. The van der Waals surface area contributed by atoms with E-state index in [2.05, 4.69) is 0 Å². The van der Waals surface area contributed by atoms with Crippen LogP contribution < -0.4 is 9.47 Å². The van der Waals surface area contributed by atoms with Crippen molar-refractivity contribution in [1.82, 2.24) is 0 Å². The minimum absolute atomic E-state index is 0.0223. The van der Waals surface area contributed by atoms with Crippen LogP contribution in [0.15, 0.2) is 12.1 Å². The average molecular weight is 213 g/mol. The lowest BCUT2D eigenvalue weighted by molar-refractivity contribution is -0.386. The number of hydrogen-bond donors (Lipinski definition) is 1. The molecule has 0 fully saturated rings. The molecule has 0 heterocycles. The van der Waals surface area contributed by atoms with Crippen molar-refractivity contribution in [2.24, 2.45) is 0 Å². The van der Waals surface area contributed by atoms with Crippen LogP contribution in [0.3, 0.4) is 0 Å². The molecule has 1 N–H and O–H groups in total. The molecule has 15 heavy (non-hydrogen) atoms. The second kappa shape index (κ2) is 4.61. The quantitative estimate of drug-likeness (QED) is 0.598. The molecule has 0 aromatic heterocycles. The van der Waals surface area contributed by atoms with E-state index in [4.69, 9.17) is 14.6 Å². The first-order valence-corrected chi connectivity index (χ1v) is 4.14. The van der Waals surface area contributed by atoms with E-state index in [0.717, 1.165) is 0 Å². The molecule has 1 aromatic carbocycles. The third kappa shape index (κ3) is 1.99. The van der Waals surface area contributed by atoms with Crippen LogP contribution in [0.25, 0.3) is 0 Å². The predicted molar refractivity (Wildman–Crippen MR) is 52.1 cm³/mol. The van der Waals surface area contributed by atoms with Crippen molar-refractivity contribution in [1.29, 1.82) is 0 Å². The fourth-order valence-corrected chi connectivity index (χ4v) is 1.28. The Morgan fingerprint density at radius 1 is 1.40 bits per heavy atom. The van der Waals surface area contributed by atoms with Crippen LogP contribution in [-0.2, 0) is 6.61 Å². The SMILES string of the molecule is COc1ccc(CO)c([N+](=O)[O-])c1OC. The lowest BCUT2D eigenvalue weighted by Gasteiger charge is -2.09. The summed E-state index contributed by atoms with van der Waals surface area (Å²) in [6.07, 6.45) is 0. The van der Waals surface area contributed by atoms with Crippen molar-refractivity contribution in [3.05, 3.63) is 27.8 Å². The summed E-state index contributed by atoms with van der Waals surface area (Å²) in [5.74, 6) is 0.287. The molecule has 0 radical (unpaired) electrons. The van der Waals surface area contributed by atoms with Crippen LogP contribution in [0.2, 0.25) is 0 Å². The van der Waals surface area contributed by atoms with Gasteiger partial charge >= 0.3 is 5.69 Å². The highest BCUT2D eigenvalue weighted by Gasteiger charge is 2.24. The largest absolute Gasteiger partial charge is 0.493 e. The first-order valence-electron chi connectivity index (χ1n) is 4.14. The first-order chi connectivity index (χ1) is 7.15. The van der Waals surface area contributed by atoms with E-state index >= 15 is 0 Å². The molecule has 6 nitrogen and oxygen atoms in total. The van der Waals surface area contributed by atoms with E-state index in [9.17, 15) is 10.1 Å². The number of rotatable bonds is 4. The lowest BCUT2D eigenvalue weighted by Crippen LogP contribution is -2.01. The molecular weight excluding hydrogens is 202 g/mol. The highest BCUT2D eigenvalue weighted by Crippen LogP contribution is 2.39. The van der Waals surface area contributed by atoms with Crippen LogP contribution in [0.1, 0.15) is 5.56 Å². The third-order valence-electron chi connectivity index (χ3n) is 1.96. The minimum atomic E-state index is -0.604. The average Bonchev–Trinajstić information content (AvgIpc) is 2.26. The van der Waals surface area contributed by atoms with Crippen LogP contribution in [0, 0.1) is 10.1 Å².